The molecule has 0 amide bonds. The van der Waals surface area contributed by atoms with Crippen molar-refractivity contribution in [1.29, 1.82) is 0 Å². The van der Waals surface area contributed by atoms with Crippen molar-refractivity contribution < 1.29 is 13.5 Å². The lowest BCUT2D eigenvalue weighted by molar-refractivity contribution is 0.122. The summed E-state index contributed by atoms with van der Waals surface area (Å²) >= 11 is 0. The van der Waals surface area contributed by atoms with Crippen LogP contribution in [-0.4, -0.2) is 81.4 Å². The van der Waals surface area contributed by atoms with Gasteiger partial charge in [-0.25, -0.2) is 13.8 Å². The smallest absolute Gasteiger partial charge is 0.296 e. The summed E-state index contributed by atoms with van der Waals surface area (Å²) in [7, 11) is 2.14. The van der Waals surface area contributed by atoms with Crippen molar-refractivity contribution in [2.24, 2.45) is 0 Å². The summed E-state index contributed by atoms with van der Waals surface area (Å²) in [4.78, 5) is 22.6. The summed E-state index contributed by atoms with van der Waals surface area (Å²) in [5.74, 6) is 0.434. The van der Waals surface area contributed by atoms with E-state index in [1.165, 1.54) is 21.3 Å². The molecule has 0 aliphatic carbocycles. The predicted molar refractivity (Wildman–Crippen MR) is 160 cm³/mol. The zero-order chi connectivity index (χ0) is 29.3. The Morgan fingerprint density at radius 2 is 1.67 bits per heavy atom. The Morgan fingerprint density at radius 3 is 2.43 bits per heavy atom. The highest BCUT2D eigenvalue weighted by atomic mass is 19.3. The average Bonchev–Trinajstić information content (AvgIpc) is 3.38. The molecular weight excluding hydrogens is 538 g/mol. The molecule has 1 saturated heterocycles. The van der Waals surface area contributed by atoms with Gasteiger partial charge in [0.15, 0.2) is 5.82 Å². The molecule has 0 radical (unpaired) electrons. The number of benzene rings is 2. The number of nitrogens with zero attached hydrogens (tertiary/aromatic N) is 7. The minimum atomic E-state index is -2.81. The van der Waals surface area contributed by atoms with E-state index in [0.717, 1.165) is 19.5 Å². The third kappa shape index (κ3) is 5.98. The van der Waals surface area contributed by atoms with E-state index in [1.807, 2.05) is 4.90 Å². The number of halogens is 2. The summed E-state index contributed by atoms with van der Waals surface area (Å²) in [5, 5.41) is 3.51. The van der Waals surface area contributed by atoms with Crippen molar-refractivity contribution in [2.45, 2.75) is 38.7 Å². The highest BCUT2D eigenvalue weighted by Crippen LogP contribution is 2.30. The number of anilines is 2. The maximum Gasteiger partial charge on any atom is 0.296 e. The standard InChI is InChI=1S/C31H36F2N8O/c1-31(2,20-22-8-4-5-9-23(22)21-12-14-39(3)15-13-21)38-28-35-29(40-16-18-42-19-17-40)37-30(36-28)41-25-11-7-6-10-24(25)34-27(41)26(32)33/h4-12,26H,13-20H2,1-3H3,(H,35,36,37,38). The zero-order valence-electron chi connectivity index (χ0n) is 24.2. The van der Waals surface area contributed by atoms with Crippen molar-refractivity contribution in [1.82, 2.24) is 29.4 Å². The maximum atomic E-state index is 14.2. The molecule has 9 nitrogen and oxygen atoms in total. The molecule has 42 heavy (non-hydrogen) atoms. The van der Waals surface area contributed by atoms with Crippen LogP contribution >= 0.6 is 0 Å². The summed E-state index contributed by atoms with van der Waals surface area (Å²) in [5.41, 5.74) is 4.36. The normalized spacial score (nSPS) is 16.7. The van der Waals surface area contributed by atoms with Crippen LogP contribution in [-0.2, 0) is 11.2 Å². The van der Waals surface area contributed by atoms with Crippen LogP contribution in [0.2, 0.25) is 0 Å². The highest BCUT2D eigenvalue weighted by Gasteiger charge is 2.27. The van der Waals surface area contributed by atoms with Gasteiger partial charge in [-0.2, -0.15) is 15.0 Å². The number of ether oxygens (including phenoxy) is 1. The van der Waals surface area contributed by atoms with Crippen LogP contribution in [0.1, 0.15) is 43.6 Å². The van der Waals surface area contributed by atoms with E-state index in [-0.39, 0.29) is 5.95 Å². The number of imidazole rings is 1. The Balaban J connectivity index is 1.37. The molecule has 1 N–H and O–H groups in total. The minimum absolute atomic E-state index is 0.102. The van der Waals surface area contributed by atoms with E-state index < -0.39 is 17.8 Å². The molecule has 6 rings (SSSR count). The van der Waals surface area contributed by atoms with E-state index in [2.05, 4.69) is 71.4 Å². The number of hydrogen-bond acceptors (Lipinski definition) is 8. The second-order valence-electron chi connectivity index (χ2n) is 11.5. The molecular formula is C31H36F2N8O. The third-order valence-electron chi connectivity index (χ3n) is 7.75. The lowest BCUT2D eigenvalue weighted by Crippen LogP contribution is -2.39. The Kier molecular flexibility index (Phi) is 7.87. The number of morpholine rings is 1. The van der Waals surface area contributed by atoms with E-state index in [0.29, 0.717) is 55.7 Å². The van der Waals surface area contributed by atoms with Crippen molar-refractivity contribution in [3.63, 3.8) is 0 Å². The van der Waals surface area contributed by atoms with Crippen LogP contribution < -0.4 is 10.2 Å². The second kappa shape index (κ2) is 11.7. The van der Waals surface area contributed by atoms with Crippen LogP contribution in [0.4, 0.5) is 20.7 Å². The van der Waals surface area contributed by atoms with Gasteiger partial charge in [-0.3, -0.25) is 4.57 Å². The molecule has 0 bridgehead atoms. The molecule has 0 spiro atoms. The monoisotopic (exact) mass is 574 g/mol. The Bertz CT molecular complexity index is 1600. The molecule has 2 aromatic heterocycles. The molecule has 2 aromatic carbocycles. The fraction of sp³-hybridized carbons (Fsp3) is 0.419. The van der Waals surface area contributed by atoms with Gasteiger partial charge in [0.2, 0.25) is 17.8 Å². The molecule has 11 heteroatoms. The first-order valence-electron chi connectivity index (χ1n) is 14.4. The fourth-order valence-electron chi connectivity index (χ4n) is 5.64. The van der Waals surface area contributed by atoms with Crippen molar-refractivity contribution in [3.8, 4) is 5.95 Å². The van der Waals surface area contributed by atoms with Crippen LogP contribution in [0, 0.1) is 0 Å². The lowest BCUT2D eigenvalue weighted by Gasteiger charge is -2.30. The fourth-order valence-corrected chi connectivity index (χ4v) is 5.64. The van der Waals surface area contributed by atoms with Gasteiger partial charge in [0.05, 0.1) is 24.2 Å². The minimum Gasteiger partial charge on any atom is -0.378 e. The van der Waals surface area contributed by atoms with Crippen molar-refractivity contribution >= 4 is 28.5 Å². The van der Waals surface area contributed by atoms with Crippen LogP contribution in [0.15, 0.2) is 54.6 Å². The molecule has 0 atom stereocenters. The third-order valence-corrected chi connectivity index (χ3v) is 7.75. The quantitative estimate of drug-likeness (QED) is 0.310. The largest absolute Gasteiger partial charge is 0.378 e. The summed E-state index contributed by atoms with van der Waals surface area (Å²) in [6, 6.07) is 15.5. The number of alkyl halides is 2. The Labute approximate surface area is 244 Å². The number of para-hydroxylation sites is 2. The van der Waals surface area contributed by atoms with Gasteiger partial charge in [-0.15, -0.1) is 0 Å². The van der Waals surface area contributed by atoms with Crippen LogP contribution in [0.25, 0.3) is 22.6 Å². The molecule has 0 unspecified atom stereocenters. The highest BCUT2D eigenvalue weighted by molar-refractivity contribution is 5.77. The van der Waals surface area contributed by atoms with Gasteiger partial charge in [0, 0.05) is 31.7 Å². The molecule has 220 valence electrons. The van der Waals surface area contributed by atoms with Crippen molar-refractivity contribution in [3.05, 3.63) is 71.6 Å². The number of fused-ring (bicyclic) bond motifs is 1. The zero-order valence-corrected chi connectivity index (χ0v) is 24.2. The van der Waals surface area contributed by atoms with E-state index in [4.69, 9.17) is 14.7 Å². The maximum absolute atomic E-state index is 14.2. The number of likely N-dealkylation sites (N-methyl/N-ethyl adjacent to an activating group) is 1. The summed E-state index contributed by atoms with van der Waals surface area (Å²) in [6.45, 7) is 8.43. The molecule has 2 aliphatic heterocycles. The first-order valence-corrected chi connectivity index (χ1v) is 14.4. The van der Waals surface area contributed by atoms with E-state index in [9.17, 15) is 8.78 Å². The number of aromatic nitrogens is 5. The number of nitrogens with one attached hydrogen (secondary N) is 1. The van der Waals surface area contributed by atoms with Crippen LogP contribution in [0.5, 0.6) is 0 Å². The molecule has 2 aliphatic rings. The van der Waals surface area contributed by atoms with Gasteiger partial charge in [0.1, 0.15) is 0 Å². The SMILES string of the molecule is CN1CC=C(c2ccccc2CC(C)(C)Nc2nc(N3CCOCC3)nc(-n3c(C(F)F)nc4ccccc43)n2)CC1. The first-order chi connectivity index (χ1) is 20.3. The molecule has 0 saturated carbocycles. The Hall–Kier alpha value is -3.96. The van der Waals surface area contributed by atoms with E-state index in [1.54, 1.807) is 24.3 Å². The molecule has 4 aromatic rings. The van der Waals surface area contributed by atoms with E-state index >= 15 is 0 Å². The number of rotatable bonds is 8. The molecule has 4 heterocycles. The van der Waals surface area contributed by atoms with Gasteiger partial charge in [-0.05, 0) is 62.6 Å². The lowest BCUT2D eigenvalue weighted by atomic mass is 9.88. The van der Waals surface area contributed by atoms with Gasteiger partial charge >= 0.3 is 0 Å². The average molecular weight is 575 g/mol. The topological polar surface area (TPSA) is 84.2 Å². The van der Waals surface area contributed by atoms with Gasteiger partial charge in [-0.1, -0.05) is 42.5 Å². The summed E-state index contributed by atoms with van der Waals surface area (Å²) in [6.07, 6.45) is 1.22. The second-order valence-corrected chi connectivity index (χ2v) is 11.5. The molecule has 1 fully saturated rings. The summed E-state index contributed by atoms with van der Waals surface area (Å²) < 4.78 is 35.3. The first kappa shape index (κ1) is 28.2. The predicted octanol–water partition coefficient (Wildman–Crippen LogP) is 5.14. The van der Waals surface area contributed by atoms with Gasteiger partial charge in [0.25, 0.3) is 6.43 Å². The Morgan fingerprint density at radius 1 is 0.929 bits per heavy atom. The van der Waals surface area contributed by atoms with Crippen LogP contribution in [0.3, 0.4) is 0 Å². The van der Waals surface area contributed by atoms with Crippen molar-refractivity contribution in [2.75, 3.05) is 56.7 Å². The number of hydrogen-bond donors (Lipinski definition) is 1. The van der Waals surface area contributed by atoms with Gasteiger partial charge < -0.3 is 19.9 Å².